The molecule has 1 nitrogen and oxygen atoms in total. The predicted octanol–water partition coefficient (Wildman–Crippen LogP) is 4.94. The molecule has 0 amide bonds. The van der Waals surface area contributed by atoms with Gasteiger partial charge in [-0.25, -0.2) is 0 Å². The Hall–Kier alpha value is -0.340. The molecule has 1 rings (SSSR count). The Kier molecular flexibility index (Phi) is 5.96. The van der Waals surface area contributed by atoms with E-state index in [1.54, 1.807) is 6.07 Å². The second kappa shape index (κ2) is 7.02. The number of carbonyl (C=O) groups is 1. The van der Waals surface area contributed by atoms with Gasteiger partial charge >= 0.3 is 0 Å². The van der Waals surface area contributed by atoms with Crippen molar-refractivity contribution >= 4 is 28.7 Å². The van der Waals surface area contributed by atoms with Gasteiger partial charge < -0.3 is 0 Å². The van der Waals surface area contributed by atoms with Gasteiger partial charge in [0.05, 0.1) is 9.21 Å². The summed E-state index contributed by atoms with van der Waals surface area (Å²) < 4.78 is 0.698. The molecule has 15 heavy (non-hydrogen) atoms. The first-order valence-electron chi connectivity index (χ1n) is 5.52. The van der Waals surface area contributed by atoms with Gasteiger partial charge in [0.1, 0.15) is 0 Å². The van der Waals surface area contributed by atoms with Crippen molar-refractivity contribution in [2.45, 2.75) is 45.4 Å². The fourth-order valence-electron chi connectivity index (χ4n) is 1.48. The van der Waals surface area contributed by atoms with Gasteiger partial charge in [0.25, 0.3) is 0 Å². The molecule has 0 radical (unpaired) electrons. The lowest BCUT2D eigenvalue weighted by molar-refractivity contribution is 0.0983. The normalized spacial score (nSPS) is 10.5. The molecule has 0 saturated heterocycles. The van der Waals surface area contributed by atoms with Gasteiger partial charge in [-0.2, -0.15) is 0 Å². The van der Waals surface area contributed by atoms with Crippen LogP contribution in [0.3, 0.4) is 0 Å². The Morgan fingerprint density at radius 1 is 1.27 bits per heavy atom. The highest BCUT2D eigenvalue weighted by molar-refractivity contribution is 7.18. The minimum Gasteiger partial charge on any atom is -0.293 e. The number of ketones is 1. The Bertz CT molecular complexity index is 306. The van der Waals surface area contributed by atoms with Gasteiger partial charge in [0.15, 0.2) is 5.78 Å². The van der Waals surface area contributed by atoms with Crippen LogP contribution in [-0.4, -0.2) is 5.78 Å². The lowest BCUT2D eigenvalue weighted by atomic mass is 10.1. The zero-order valence-electron chi connectivity index (χ0n) is 9.09. The summed E-state index contributed by atoms with van der Waals surface area (Å²) in [5.41, 5.74) is 0. The average molecular weight is 245 g/mol. The van der Waals surface area contributed by atoms with Crippen LogP contribution in [-0.2, 0) is 0 Å². The molecule has 0 aliphatic carbocycles. The second-order valence-electron chi connectivity index (χ2n) is 3.69. The fraction of sp³-hybridized carbons (Fsp3) is 0.583. The molecular formula is C12H17ClOS. The lowest BCUT2D eigenvalue weighted by Crippen LogP contribution is -1.95. The van der Waals surface area contributed by atoms with Crippen molar-refractivity contribution < 1.29 is 4.79 Å². The van der Waals surface area contributed by atoms with Crippen LogP contribution in [0, 0.1) is 0 Å². The second-order valence-corrected chi connectivity index (χ2v) is 5.41. The molecule has 1 heterocycles. The van der Waals surface area contributed by atoms with Crippen molar-refractivity contribution in [3.05, 3.63) is 21.3 Å². The van der Waals surface area contributed by atoms with Crippen molar-refractivity contribution in [3.8, 4) is 0 Å². The minimum atomic E-state index is 0.239. The highest BCUT2D eigenvalue weighted by Crippen LogP contribution is 2.23. The van der Waals surface area contributed by atoms with Crippen LogP contribution in [0.2, 0.25) is 4.34 Å². The topological polar surface area (TPSA) is 17.1 Å². The van der Waals surface area contributed by atoms with Crippen molar-refractivity contribution in [3.63, 3.8) is 0 Å². The first-order chi connectivity index (χ1) is 7.24. The monoisotopic (exact) mass is 244 g/mol. The van der Waals surface area contributed by atoms with Gasteiger partial charge in [-0.3, -0.25) is 4.79 Å². The Labute approximate surface area is 100 Å². The quantitative estimate of drug-likeness (QED) is 0.490. The molecule has 3 heteroatoms. The van der Waals surface area contributed by atoms with E-state index in [-0.39, 0.29) is 5.78 Å². The van der Waals surface area contributed by atoms with E-state index in [4.69, 9.17) is 11.6 Å². The third-order valence-electron chi connectivity index (χ3n) is 2.36. The summed E-state index contributed by atoms with van der Waals surface area (Å²) in [7, 11) is 0. The number of halogens is 1. The summed E-state index contributed by atoms with van der Waals surface area (Å²) in [6.07, 6.45) is 6.61. The summed E-state index contributed by atoms with van der Waals surface area (Å²) in [6.45, 7) is 2.19. The Morgan fingerprint density at radius 3 is 2.60 bits per heavy atom. The molecule has 0 spiro atoms. The molecule has 84 valence electrons. The van der Waals surface area contributed by atoms with Crippen molar-refractivity contribution in [2.75, 3.05) is 0 Å². The largest absolute Gasteiger partial charge is 0.293 e. The van der Waals surface area contributed by atoms with Crippen LogP contribution in [0.15, 0.2) is 12.1 Å². The van der Waals surface area contributed by atoms with Gasteiger partial charge in [-0.1, -0.05) is 44.2 Å². The smallest absolute Gasteiger partial charge is 0.172 e. The summed E-state index contributed by atoms with van der Waals surface area (Å²) in [5, 5.41) is 0. The highest BCUT2D eigenvalue weighted by atomic mass is 35.5. The number of rotatable bonds is 7. The number of hydrogen-bond donors (Lipinski definition) is 0. The maximum Gasteiger partial charge on any atom is 0.172 e. The van der Waals surface area contributed by atoms with Gasteiger partial charge in [-0.05, 0) is 18.6 Å². The molecule has 0 atom stereocenters. The van der Waals surface area contributed by atoms with Crippen LogP contribution < -0.4 is 0 Å². The third kappa shape index (κ3) is 4.80. The number of hydrogen-bond acceptors (Lipinski definition) is 2. The molecule has 0 bridgehead atoms. The highest BCUT2D eigenvalue weighted by Gasteiger charge is 2.07. The summed E-state index contributed by atoms with van der Waals surface area (Å²) in [6, 6.07) is 3.61. The van der Waals surface area contributed by atoms with Crippen molar-refractivity contribution in [1.82, 2.24) is 0 Å². The maximum atomic E-state index is 11.6. The molecule has 0 saturated carbocycles. The van der Waals surface area contributed by atoms with Crippen LogP contribution in [0.4, 0.5) is 0 Å². The zero-order valence-corrected chi connectivity index (χ0v) is 10.7. The molecule has 1 aromatic heterocycles. The fourth-order valence-corrected chi connectivity index (χ4v) is 2.49. The Balaban J connectivity index is 2.19. The van der Waals surface area contributed by atoms with E-state index in [0.717, 1.165) is 11.3 Å². The predicted molar refractivity (Wildman–Crippen MR) is 67.0 cm³/mol. The number of thiophene rings is 1. The molecule has 0 aliphatic heterocycles. The average Bonchev–Trinajstić information content (AvgIpc) is 2.64. The molecule has 0 fully saturated rings. The standard InChI is InChI=1S/C12H17ClOS/c1-2-3-4-5-6-7-10(14)11-8-9-12(13)15-11/h8-9H,2-7H2,1H3. The van der Waals surface area contributed by atoms with Crippen molar-refractivity contribution in [1.29, 1.82) is 0 Å². The number of Topliss-reactive ketones (excluding diaryl/α,β-unsaturated/α-hetero) is 1. The van der Waals surface area contributed by atoms with Gasteiger partial charge in [0, 0.05) is 6.42 Å². The van der Waals surface area contributed by atoms with E-state index >= 15 is 0 Å². The number of carbonyl (C=O) groups excluding carboxylic acids is 1. The molecule has 0 N–H and O–H groups in total. The van der Waals surface area contributed by atoms with E-state index in [1.807, 2.05) is 6.07 Å². The van der Waals surface area contributed by atoms with Gasteiger partial charge in [-0.15, -0.1) is 11.3 Å². The first kappa shape index (κ1) is 12.7. The summed E-state index contributed by atoms with van der Waals surface area (Å²) >= 11 is 7.15. The van der Waals surface area contributed by atoms with Crippen LogP contribution >= 0.6 is 22.9 Å². The maximum absolute atomic E-state index is 11.6. The van der Waals surface area contributed by atoms with Crippen LogP contribution in [0.5, 0.6) is 0 Å². The van der Waals surface area contributed by atoms with Gasteiger partial charge in [0.2, 0.25) is 0 Å². The van der Waals surface area contributed by atoms with E-state index in [9.17, 15) is 4.79 Å². The van der Waals surface area contributed by atoms with Crippen molar-refractivity contribution in [2.24, 2.45) is 0 Å². The lowest BCUT2D eigenvalue weighted by Gasteiger charge is -1.98. The van der Waals surface area contributed by atoms with E-state index in [2.05, 4.69) is 6.92 Å². The van der Waals surface area contributed by atoms with Crippen LogP contribution in [0.25, 0.3) is 0 Å². The minimum absolute atomic E-state index is 0.239. The third-order valence-corrected chi connectivity index (χ3v) is 3.63. The van der Waals surface area contributed by atoms with E-state index in [0.29, 0.717) is 10.8 Å². The zero-order chi connectivity index (χ0) is 11.1. The van der Waals surface area contributed by atoms with Crippen LogP contribution in [0.1, 0.15) is 55.1 Å². The summed E-state index contributed by atoms with van der Waals surface area (Å²) in [4.78, 5) is 12.4. The molecule has 1 aromatic rings. The molecule has 0 aliphatic rings. The molecule has 0 unspecified atom stereocenters. The number of unbranched alkanes of at least 4 members (excludes halogenated alkanes) is 4. The Morgan fingerprint density at radius 2 is 2.00 bits per heavy atom. The molecular weight excluding hydrogens is 228 g/mol. The summed E-state index contributed by atoms with van der Waals surface area (Å²) in [5.74, 6) is 0.239. The first-order valence-corrected chi connectivity index (χ1v) is 6.72. The van der Waals surface area contributed by atoms with E-state index < -0.39 is 0 Å². The SMILES string of the molecule is CCCCCCCC(=O)c1ccc(Cl)s1. The molecule has 0 aromatic carbocycles. The van der Waals surface area contributed by atoms with E-state index in [1.165, 1.54) is 37.0 Å².